The van der Waals surface area contributed by atoms with E-state index in [0.29, 0.717) is 25.0 Å². The first-order chi connectivity index (χ1) is 9.15. The van der Waals surface area contributed by atoms with Gasteiger partial charge in [-0.25, -0.2) is 4.79 Å². The lowest BCUT2D eigenvalue weighted by molar-refractivity contribution is 0.0933. The van der Waals surface area contributed by atoms with E-state index in [1.807, 2.05) is 30.3 Å². The van der Waals surface area contributed by atoms with Gasteiger partial charge in [-0.15, -0.1) is 0 Å². The van der Waals surface area contributed by atoms with Crippen LogP contribution in [0.1, 0.15) is 12.5 Å². The topological polar surface area (TPSA) is 49.8 Å². The first-order valence-corrected chi connectivity index (χ1v) is 6.71. The summed E-state index contributed by atoms with van der Waals surface area (Å²) in [6.07, 6.45) is -0.242. The summed E-state index contributed by atoms with van der Waals surface area (Å²) in [5.74, 6) is 0.812. The summed E-state index contributed by atoms with van der Waals surface area (Å²) in [5.41, 5.74) is 1.11. The Morgan fingerprint density at radius 1 is 1.47 bits per heavy atom. The number of aliphatic hydroxyl groups excluding tert-OH is 1. The molecule has 1 amide bonds. The number of likely N-dealkylation sites (tertiary alicyclic amines) is 1. The highest BCUT2D eigenvalue weighted by Gasteiger charge is 2.66. The normalized spacial score (nSPS) is 32.0. The number of ether oxygens (including phenoxy) is 1. The highest BCUT2D eigenvalue weighted by atomic mass is 16.6. The van der Waals surface area contributed by atoms with E-state index in [1.165, 1.54) is 0 Å². The molecule has 1 N–H and O–H groups in total. The molecule has 3 atom stereocenters. The number of piperidine rings is 1. The Balaban J connectivity index is 1.51. The van der Waals surface area contributed by atoms with Crippen LogP contribution in [0.25, 0.3) is 0 Å². The number of rotatable bonds is 3. The summed E-state index contributed by atoms with van der Waals surface area (Å²) >= 11 is 0. The van der Waals surface area contributed by atoms with E-state index in [2.05, 4.69) is 6.92 Å². The van der Waals surface area contributed by atoms with Crippen molar-refractivity contribution < 1.29 is 14.6 Å². The lowest BCUT2D eigenvalue weighted by Crippen LogP contribution is -2.33. The number of hydrogen-bond acceptors (Lipinski definition) is 3. The van der Waals surface area contributed by atoms with Crippen molar-refractivity contribution in [3.8, 4) is 0 Å². The zero-order chi connectivity index (χ0) is 13.5. The molecule has 0 aromatic heterocycles. The number of fused-ring (bicyclic) bond motifs is 1. The monoisotopic (exact) mass is 261 g/mol. The Morgan fingerprint density at radius 3 is 2.79 bits per heavy atom. The smallest absolute Gasteiger partial charge is 0.410 e. The minimum atomic E-state index is -0.242. The number of carbonyl (C=O) groups excluding carboxylic acids is 1. The van der Waals surface area contributed by atoms with Crippen molar-refractivity contribution in [3.63, 3.8) is 0 Å². The van der Waals surface area contributed by atoms with Crippen molar-refractivity contribution in [3.05, 3.63) is 35.9 Å². The van der Waals surface area contributed by atoms with Crippen LogP contribution in [0, 0.1) is 17.3 Å². The SMILES string of the molecule is CC12CN(C(=O)OCc3ccccc3)C[C@H]1[C@@H]2CO. The second kappa shape index (κ2) is 4.53. The second-order valence-corrected chi connectivity index (χ2v) is 5.82. The van der Waals surface area contributed by atoms with Gasteiger partial charge in [0.1, 0.15) is 6.61 Å². The van der Waals surface area contributed by atoms with Gasteiger partial charge in [0.05, 0.1) is 0 Å². The number of benzene rings is 1. The largest absolute Gasteiger partial charge is 0.445 e. The zero-order valence-corrected chi connectivity index (χ0v) is 11.1. The summed E-state index contributed by atoms with van der Waals surface area (Å²) in [5, 5.41) is 9.22. The van der Waals surface area contributed by atoms with E-state index in [0.717, 1.165) is 12.1 Å². The van der Waals surface area contributed by atoms with E-state index >= 15 is 0 Å². The Morgan fingerprint density at radius 2 is 2.21 bits per heavy atom. The number of nitrogens with zero attached hydrogens (tertiary/aromatic N) is 1. The molecule has 2 fully saturated rings. The fourth-order valence-corrected chi connectivity index (χ4v) is 3.33. The number of carbonyl (C=O) groups is 1. The molecule has 1 aromatic rings. The molecule has 4 nitrogen and oxygen atoms in total. The van der Waals surface area contributed by atoms with Crippen LogP contribution in [-0.4, -0.2) is 35.8 Å². The molecule has 1 saturated carbocycles. The summed E-state index contributed by atoms with van der Waals surface area (Å²) in [6, 6.07) is 9.69. The molecule has 0 spiro atoms. The van der Waals surface area contributed by atoms with Gasteiger partial charge in [0, 0.05) is 19.7 Å². The van der Waals surface area contributed by atoms with Gasteiger partial charge >= 0.3 is 6.09 Å². The van der Waals surface area contributed by atoms with Crippen molar-refractivity contribution >= 4 is 6.09 Å². The third-order valence-corrected chi connectivity index (χ3v) is 4.68. The maximum absolute atomic E-state index is 12.0. The highest BCUT2D eigenvalue weighted by Crippen LogP contribution is 2.62. The molecule has 3 rings (SSSR count). The molecule has 0 radical (unpaired) electrons. The quantitative estimate of drug-likeness (QED) is 0.904. The maximum Gasteiger partial charge on any atom is 0.410 e. The Labute approximate surface area is 113 Å². The predicted octanol–water partition coefficient (Wildman–Crippen LogP) is 1.88. The number of hydrogen-bond donors (Lipinski definition) is 1. The highest BCUT2D eigenvalue weighted by molar-refractivity contribution is 5.68. The number of amides is 1. The second-order valence-electron chi connectivity index (χ2n) is 5.82. The van der Waals surface area contributed by atoms with E-state index in [9.17, 15) is 9.90 Å². The van der Waals surface area contributed by atoms with E-state index in [4.69, 9.17) is 4.74 Å². The van der Waals surface area contributed by atoms with Gasteiger partial charge in [0.2, 0.25) is 0 Å². The molecule has 1 aliphatic carbocycles. The van der Waals surface area contributed by atoms with Crippen LogP contribution in [0.3, 0.4) is 0 Å². The summed E-state index contributed by atoms with van der Waals surface area (Å²) < 4.78 is 5.32. The van der Waals surface area contributed by atoms with Crippen LogP contribution < -0.4 is 0 Å². The zero-order valence-electron chi connectivity index (χ0n) is 11.1. The molecule has 0 bridgehead atoms. The molecule has 1 aliphatic heterocycles. The summed E-state index contributed by atoms with van der Waals surface area (Å²) in [4.78, 5) is 13.7. The molecule has 2 aliphatic rings. The Kier molecular flexibility index (Phi) is 2.97. The van der Waals surface area contributed by atoms with Crippen LogP contribution in [0.15, 0.2) is 30.3 Å². The molecule has 19 heavy (non-hydrogen) atoms. The minimum absolute atomic E-state index is 0.112. The Bertz CT molecular complexity index is 476. The van der Waals surface area contributed by atoms with E-state index < -0.39 is 0 Å². The molecule has 1 aromatic carbocycles. The maximum atomic E-state index is 12.0. The van der Waals surface area contributed by atoms with Crippen LogP contribution >= 0.6 is 0 Å². The number of aliphatic hydroxyl groups is 1. The molecule has 1 heterocycles. The lowest BCUT2D eigenvalue weighted by Gasteiger charge is -2.21. The van der Waals surface area contributed by atoms with Gasteiger partial charge in [0.25, 0.3) is 0 Å². The molecule has 4 heteroatoms. The van der Waals surface area contributed by atoms with Crippen LogP contribution in [-0.2, 0) is 11.3 Å². The van der Waals surface area contributed by atoms with E-state index in [-0.39, 0.29) is 18.1 Å². The summed E-state index contributed by atoms with van der Waals surface area (Å²) in [7, 11) is 0. The van der Waals surface area contributed by atoms with Crippen molar-refractivity contribution in [1.82, 2.24) is 4.90 Å². The Hall–Kier alpha value is -1.55. The average Bonchev–Trinajstić information content (AvgIpc) is 2.81. The van der Waals surface area contributed by atoms with Gasteiger partial charge in [-0.3, -0.25) is 0 Å². The van der Waals surface area contributed by atoms with Gasteiger partial charge < -0.3 is 14.7 Å². The summed E-state index contributed by atoms with van der Waals surface area (Å²) in [6.45, 7) is 4.12. The van der Waals surface area contributed by atoms with Crippen LogP contribution in [0.4, 0.5) is 4.79 Å². The third-order valence-electron chi connectivity index (χ3n) is 4.68. The lowest BCUT2D eigenvalue weighted by atomic mass is 10.1. The van der Waals surface area contributed by atoms with Crippen LogP contribution in [0.2, 0.25) is 0 Å². The van der Waals surface area contributed by atoms with Gasteiger partial charge in [-0.05, 0) is 22.8 Å². The van der Waals surface area contributed by atoms with Crippen LogP contribution in [0.5, 0.6) is 0 Å². The first kappa shape index (κ1) is 12.5. The van der Waals surface area contributed by atoms with Crippen molar-refractivity contribution in [1.29, 1.82) is 0 Å². The van der Waals surface area contributed by atoms with Gasteiger partial charge in [-0.1, -0.05) is 37.3 Å². The minimum Gasteiger partial charge on any atom is -0.445 e. The molecule has 1 unspecified atom stereocenters. The molecule has 102 valence electrons. The van der Waals surface area contributed by atoms with Crippen molar-refractivity contribution in [2.24, 2.45) is 17.3 Å². The van der Waals surface area contributed by atoms with Crippen molar-refractivity contribution in [2.45, 2.75) is 13.5 Å². The van der Waals surface area contributed by atoms with Gasteiger partial charge in [-0.2, -0.15) is 0 Å². The third kappa shape index (κ3) is 2.10. The standard InChI is InChI=1S/C15H19NO3/c1-15-10-16(7-12(15)13(15)8-17)14(18)19-9-11-5-3-2-4-6-11/h2-6,12-13,17H,7-10H2,1H3/t12-,13-,15?/m0/s1. The fourth-order valence-electron chi connectivity index (χ4n) is 3.33. The average molecular weight is 261 g/mol. The molecular formula is C15H19NO3. The molecular weight excluding hydrogens is 242 g/mol. The molecule has 1 saturated heterocycles. The van der Waals surface area contributed by atoms with Crippen molar-refractivity contribution in [2.75, 3.05) is 19.7 Å². The fraction of sp³-hybridized carbons (Fsp3) is 0.533. The first-order valence-electron chi connectivity index (χ1n) is 6.71. The van der Waals surface area contributed by atoms with E-state index in [1.54, 1.807) is 4.90 Å². The predicted molar refractivity (Wildman–Crippen MR) is 70.4 cm³/mol. The van der Waals surface area contributed by atoms with Gasteiger partial charge in [0.15, 0.2) is 0 Å².